The monoisotopic (exact) mass is 277 g/mol. The third-order valence-electron chi connectivity index (χ3n) is 2.49. The zero-order valence-electron chi connectivity index (χ0n) is 10.2. The van der Waals surface area contributed by atoms with Crippen molar-refractivity contribution in [2.75, 3.05) is 18.2 Å². The van der Waals surface area contributed by atoms with E-state index in [0.717, 1.165) is 0 Å². The Kier molecular flexibility index (Phi) is 3.87. The van der Waals surface area contributed by atoms with Crippen LogP contribution in [-0.2, 0) is 0 Å². The molecule has 1 heterocycles. The molecule has 0 bridgehead atoms. The smallest absolute Gasteiger partial charge is 0.256 e. The topological polar surface area (TPSA) is 77.2 Å². The Morgan fingerprint density at radius 2 is 2.21 bits per heavy atom. The number of anilines is 2. The van der Waals surface area contributed by atoms with Crippen LogP contribution in [0.2, 0.25) is 5.02 Å². The fraction of sp³-hybridized carbons (Fsp3) is 0.0769. The molecule has 0 fully saturated rings. The van der Waals surface area contributed by atoms with Gasteiger partial charge >= 0.3 is 0 Å². The van der Waals surface area contributed by atoms with E-state index in [2.05, 4.69) is 10.3 Å². The molecular formula is C13H12ClN3O2. The van der Waals surface area contributed by atoms with Crippen molar-refractivity contribution in [1.82, 2.24) is 4.98 Å². The number of nitrogens with two attached hydrogens (primary N) is 1. The lowest BCUT2D eigenvalue weighted by Gasteiger charge is -2.08. The molecule has 5 nitrogen and oxygen atoms in total. The Morgan fingerprint density at radius 1 is 1.42 bits per heavy atom. The molecule has 1 aromatic carbocycles. The molecule has 0 saturated carbocycles. The van der Waals surface area contributed by atoms with Crippen molar-refractivity contribution in [3.63, 3.8) is 0 Å². The number of ether oxygens (including phenoxy) is 1. The van der Waals surface area contributed by atoms with Gasteiger partial charge in [-0.25, -0.2) is 4.98 Å². The molecule has 98 valence electrons. The minimum absolute atomic E-state index is 0.310. The molecule has 0 unspecified atom stereocenters. The average Bonchev–Trinajstić information content (AvgIpc) is 2.42. The van der Waals surface area contributed by atoms with Crippen molar-refractivity contribution in [3.8, 4) is 5.75 Å². The Balaban J connectivity index is 2.23. The van der Waals surface area contributed by atoms with Crippen LogP contribution in [0.1, 0.15) is 10.4 Å². The molecule has 1 amide bonds. The Bertz CT molecular complexity index is 617. The highest BCUT2D eigenvalue weighted by Gasteiger charge is 2.11. The van der Waals surface area contributed by atoms with Crippen LogP contribution in [0.25, 0.3) is 0 Å². The summed E-state index contributed by atoms with van der Waals surface area (Å²) in [6, 6.07) is 8.09. The molecule has 0 aliphatic carbocycles. The summed E-state index contributed by atoms with van der Waals surface area (Å²) in [5.74, 6) is 0.420. The number of hydrogen-bond acceptors (Lipinski definition) is 4. The normalized spacial score (nSPS) is 10.0. The SMILES string of the molecule is COc1cc(C(=O)Nc2ncccc2Cl)ccc1N. The van der Waals surface area contributed by atoms with E-state index in [1.807, 2.05) is 0 Å². The summed E-state index contributed by atoms with van der Waals surface area (Å²) < 4.78 is 5.06. The van der Waals surface area contributed by atoms with Crippen LogP contribution < -0.4 is 15.8 Å². The molecule has 0 radical (unpaired) electrons. The molecule has 3 N–H and O–H groups in total. The summed E-state index contributed by atoms with van der Waals surface area (Å²) in [6.07, 6.45) is 1.55. The quantitative estimate of drug-likeness (QED) is 0.846. The molecule has 2 rings (SSSR count). The van der Waals surface area contributed by atoms with Gasteiger partial charge in [0, 0.05) is 11.8 Å². The number of amides is 1. The van der Waals surface area contributed by atoms with Crippen LogP contribution >= 0.6 is 11.6 Å². The van der Waals surface area contributed by atoms with Crippen molar-refractivity contribution >= 4 is 29.0 Å². The van der Waals surface area contributed by atoms with E-state index in [0.29, 0.717) is 27.8 Å². The van der Waals surface area contributed by atoms with Crippen LogP contribution in [0.5, 0.6) is 5.75 Å². The Hall–Kier alpha value is -2.27. The first-order chi connectivity index (χ1) is 9.11. The summed E-state index contributed by atoms with van der Waals surface area (Å²) in [6.45, 7) is 0. The second-order valence-corrected chi connectivity index (χ2v) is 4.15. The van der Waals surface area contributed by atoms with Gasteiger partial charge in [0.15, 0.2) is 5.82 Å². The third-order valence-corrected chi connectivity index (χ3v) is 2.79. The first-order valence-corrected chi connectivity index (χ1v) is 5.85. The number of pyridine rings is 1. The molecule has 2 aromatic rings. The van der Waals surface area contributed by atoms with Gasteiger partial charge in [-0.3, -0.25) is 4.79 Å². The number of nitrogen functional groups attached to an aromatic ring is 1. The average molecular weight is 278 g/mol. The van der Waals surface area contributed by atoms with E-state index in [1.54, 1.807) is 36.5 Å². The minimum Gasteiger partial charge on any atom is -0.495 e. The van der Waals surface area contributed by atoms with Crippen LogP contribution in [0.15, 0.2) is 36.5 Å². The van der Waals surface area contributed by atoms with E-state index in [1.165, 1.54) is 7.11 Å². The fourth-order valence-corrected chi connectivity index (χ4v) is 1.68. The second-order valence-electron chi connectivity index (χ2n) is 3.74. The van der Waals surface area contributed by atoms with Gasteiger partial charge in [-0.15, -0.1) is 0 Å². The molecule has 0 spiro atoms. The molecule has 19 heavy (non-hydrogen) atoms. The van der Waals surface area contributed by atoms with Gasteiger partial charge in [0.25, 0.3) is 5.91 Å². The van der Waals surface area contributed by atoms with E-state index in [4.69, 9.17) is 22.1 Å². The lowest BCUT2D eigenvalue weighted by molar-refractivity contribution is 0.102. The molecule has 0 saturated heterocycles. The molecule has 0 atom stereocenters. The number of rotatable bonds is 3. The van der Waals surface area contributed by atoms with Gasteiger partial charge in [0.2, 0.25) is 0 Å². The maximum absolute atomic E-state index is 12.0. The highest BCUT2D eigenvalue weighted by atomic mass is 35.5. The number of aromatic nitrogens is 1. The number of carbonyl (C=O) groups excluding carboxylic acids is 1. The largest absolute Gasteiger partial charge is 0.495 e. The zero-order valence-corrected chi connectivity index (χ0v) is 10.9. The van der Waals surface area contributed by atoms with Gasteiger partial charge in [-0.05, 0) is 30.3 Å². The van der Waals surface area contributed by atoms with Gasteiger partial charge in [-0.2, -0.15) is 0 Å². The molecule has 0 aliphatic rings. The van der Waals surface area contributed by atoms with Gasteiger partial charge in [0.1, 0.15) is 5.75 Å². The van der Waals surface area contributed by atoms with Gasteiger partial charge in [0.05, 0.1) is 17.8 Å². The standard InChI is InChI=1S/C13H12ClN3O2/c1-19-11-7-8(4-5-10(11)15)13(18)17-12-9(14)3-2-6-16-12/h2-7H,15H2,1H3,(H,16,17,18). The van der Waals surface area contributed by atoms with Crippen LogP contribution in [0.3, 0.4) is 0 Å². The van der Waals surface area contributed by atoms with Gasteiger partial charge in [-0.1, -0.05) is 11.6 Å². The van der Waals surface area contributed by atoms with Gasteiger partial charge < -0.3 is 15.8 Å². The number of methoxy groups -OCH3 is 1. The second kappa shape index (κ2) is 5.58. The summed E-state index contributed by atoms with van der Waals surface area (Å²) in [4.78, 5) is 16.0. The third kappa shape index (κ3) is 2.95. The van der Waals surface area contributed by atoms with Crippen molar-refractivity contribution < 1.29 is 9.53 Å². The fourth-order valence-electron chi connectivity index (χ4n) is 1.51. The zero-order chi connectivity index (χ0) is 13.8. The predicted octanol–water partition coefficient (Wildman–Crippen LogP) is 2.58. The number of nitrogens with zero attached hydrogens (tertiary/aromatic N) is 1. The first-order valence-electron chi connectivity index (χ1n) is 5.47. The Labute approximate surface area is 115 Å². The molecule has 6 heteroatoms. The van der Waals surface area contributed by atoms with Crippen molar-refractivity contribution in [2.24, 2.45) is 0 Å². The van der Waals surface area contributed by atoms with Crippen LogP contribution in [0.4, 0.5) is 11.5 Å². The van der Waals surface area contributed by atoms with Crippen LogP contribution in [-0.4, -0.2) is 18.0 Å². The lowest BCUT2D eigenvalue weighted by Crippen LogP contribution is -2.13. The predicted molar refractivity (Wildman–Crippen MR) is 74.6 cm³/mol. The Morgan fingerprint density at radius 3 is 2.89 bits per heavy atom. The molecule has 1 aromatic heterocycles. The summed E-state index contributed by atoms with van der Waals surface area (Å²) >= 11 is 5.92. The minimum atomic E-state index is -0.334. The molecule has 0 aliphatic heterocycles. The highest BCUT2D eigenvalue weighted by molar-refractivity contribution is 6.33. The van der Waals surface area contributed by atoms with Crippen molar-refractivity contribution in [1.29, 1.82) is 0 Å². The van der Waals surface area contributed by atoms with Crippen LogP contribution in [0, 0.1) is 0 Å². The lowest BCUT2D eigenvalue weighted by atomic mass is 10.2. The number of carbonyl (C=O) groups is 1. The maximum Gasteiger partial charge on any atom is 0.256 e. The number of halogens is 1. The van der Waals surface area contributed by atoms with E-state index in [-0.39, 0.29) is 5.91 Å². The van der Waals surface area contributed by atoms with E-state index in [9.17, 15) is 4.79 Å². The highest BCUT2D eigenvalue weighted by Crippen LogP contribution is 2.23. The summed E-state index contributed by atoms with van der Waals surface area (Å²) in [5.41, 5.74) is 6.56. The maximum atomic E-state index is 12.0. The van der Waals surface area contributed by atoms with Crippen molar-refractivity contribution in [3.05, 3.63) is 47.1 Å². The summed E-state index contributed by atoms with van der Waals surface area (Å²) in [7, 11) is 1.49. The van der Waals surface area contributed by atoms with E-state index < -0.39 is 0 Å². The van der Waals surface area contributed by atoms with Crippen molar-refractivity contribution in [2.45, 2.75) is 0 Å². The molecular weight excluding hydrogens is 266 g/mol. The number of hydrogen-bond donors (Lipinski definition) is 2. The van der Waals surface area contributed by atoms with E-state index >= 15 is 0 Å². The first kappa shape index (κ1) is 13.2. The number of benzene rings is 1. The number of nitrogens with one attached hydrogen (secondary N) is 1. The summed E-state index contributed by atoms with van der Waals surface area (Å²) in [5, 5.41) is 2.99.